The Morgan fingerprint density at radius 1 is 1.35 bits per heavy atom. The molecule has 0 spiro atoms. The highest BCUT2D eigenvalue weighted by Gasteiger charge is 1.98. The largest absolute Gasteiger partial charge is 0.353 e. The quantitative estimate of drug-likeness (QED) is 0.319. The summed E-state index contributed by atoms with van der Waals surface area (Å²) < 4.78 is 12.7. The number of guanidine groups is 1. The predicted molar refractivity (Wildman–Crippen MR) is 68.0 cm³/mol. The normalized spacial score (nSPS) is 11.7. The summed E-state index contributed by atoms with van der Waals surface area (Å²) in [6.45, 7) is 4.62. The van der Waals surface area contributed by atoms with Crippen LogP contribution in [0, 0.1) is 5.82 Å². The van der Waals surface area contributed by atoms with Gasteiger partial charge in [0.2, 0.25) is 5.96 Å². The maximum atomic E-state index is 12.7. The van der Waals surface area contributed by atoms with Gasteiger partial charge in [-0.25, -0.2) is 10.2 Å². The molecule has 0 amide bonds. The van der Waals surface area contributed by atoms with Gasteiger partial charge in [0.15, 0.2) is 0 Å². The van der Waals surface area contributed by atoms with Crippen molar-refractivity contribution in [1.82, 2.24) is 10.7 Å². The molecule has 1 aromatic rings. The Bertz CT molecular complexity index is 359. The van der Waals surface area contributed by atoms with Crippen LogP contribution in [-0.2, 0) is 6.42 Å². The molecule has 4 N–H and O–H groups in total. The Morgan fingerprint density at radius 3 is 2.53 bits per heavy atom. The molecule has 4 nitrogen and oxygen atoms in total. The lowest BCUT2D eigenvalue weighted by Gasteiger charge is -2.11. The number of nitrogens with one attached hydrogen (secondary N) is 2. The first-order chi connectivity index (χ1) is 8.11. The number of hydrazine groups is 1. The van der Waals surface area contributed by atoms with Crippen molar-refractivity contribution in [3.05, 3.63) is 35.6 Å². The Morgan fingerprint density at radius 2 is 2.00 bits per heavy atom. The molecule has 0 bridgehead atoms. The maximum absolute atomic E-state index is 12.7. The third kappa shape index (κ3) is 5.31. The summed E-state index contributed by atoms with van der Waals surface area (Å²) in [5.74, 6) is 5.68. The molecule has 0 atom stereocenters. The zero-order valence-electron chi connectivity index (χ0n) is 10.2. The summed E-state index contributed by atoms with van der Waals surface area (Å²) in [6.07, 6.45) is 0.755. The molecular weight excluding hydrogens is 219 g/mol. The van der Waals surface area contributed by atoms with Crippen molar-refractivity contribution in [1.29, 1.82) is 0 Å². The van der Waals surface area contributed by atoms with E-state index in [4.69, 9.17) is 5.84 Å². The summed E-state index contributed by atoms with van der Waals surface area (Å²) in [5.41, 5.74) is 3.56. The minimum absolute atomic E-state index is 0.219. The molecule has 94 valence electrons. The second kappa shape index (κ2) is 6.85. The van der Waals surface area contributed by atoms with E-state index >= 15 is 0 Å². The van der Waals surface area contributed by atoms with E-state index < -0.39 is 0 Å². The molecule has 0 aliphatic rings. The number of hydrogen-bond acceptors (Lipinski definition) is 2. The minimum Gasteiger partial charge on any atom is -0.353 e. The average Bonchev–Trinajstić information content (AvgIpc) is 2.30. The Labute approximate surface area is 101 Å². The van der Waals surface area contributed by atoms with E-state index in [1.807, 2.05) is 13.8 Å². The van der Waals surface area contributed by atoms with Gasteiger partial charge in [0, 0.05) is 12.6 Å². The summed E-state index contributed by atoms with van der Waals surface area (Å²) >= 11 is 0. The van der Waals surface area contributed by atoms with Gasteiger partial charge >= 0.3 is 0 Å². The zero-order valence-corrected chi connectivity index (χ0v) is 10.2. The predicted octanol–water partition coefficient (Wildman–Crippen LogP) is 1.19. The summed E-state index contributed by atoms with van der Waals surface area (Å²) in [7, 11) is 0. The first-order valence-electron chi connectivity index (χ1n) is 5.64. The van der Waals surface area contributed by atoms with Gasteiger partial charge in [-0.3, -0.25) is 10.4 Å². The average molecular weight is 238 g/mol. The number of rotatable bonds is 4. The van der Waals surface area contributed by atoms with Crippen molar-refractivity contribution in [3.63, 3.8) is 0 Å². The lowest BCUT2D eigenvalue weighted by atomic mass is 10.1. The minimum atomic E-state index is -0.219. The second-order valence-electron chi connectivity index (χ2n) is 4.05. The number of nitrogens with zero attached hydrogens (tertiary/aromatic N) is 1. The van der Waals surface area contributed by atoms with Crippen LogP contribution in [0.1, 0.15) is 19.4 Å². The van der Waals surface area contributed by atoms with Crippen molar-refractivity contribution < 1.29 is 4.39 Å². The Hall–Kier alpha value is -1.62. The molecule has 0 aliphatic carbocycles. The number of aliphatic imine (C=N–C) groups is 1. The molecule has 0 unspecified atom stereocenters. The highest BCUT2D eigenvalue weighted by Crippen LogP contribution is 2.03. The first-order valence-corrected chi connectivity index (χ1v) is 5.64. The SMILES string of the molecule is CC(C)NC(=NCCc1ccc(F)cc1)NN. The van der Waals surface area contributed by atoms with Crippen LogP contribution >= 0.6 is 0 Å². The lowest BCUT2D eigenvalue weighted by Crippen LogP contribution is -2.44. The van der Waals surface area contributed by atoms with Crippen LogP contribution in [0.3, 0.4) is 0 Å². The van der Waals surface area contributed by atoms with Crippen LogP contribution in [0.2, 0.25) is 0 Å². The number of nitrogens with two attached hydrogens (primary N) is 1. The molecule has 0 fully saturated rings. The summed E-state index contributed by atoms with van der Waals surface area (Å²) in [5, 5.41) is 3.08. The smallest absolute Gasteiger partial charge is 0.205 e. The standard InChI is InChI=1S/C12H19FN4/c1-9(2)16-12(17-14)15-8-7-10-3-5-11(13)6-4-10/h3-6,9H,7-8,14H2,1-2H3,(H2,15,16,17). The van der Waals surface area contributed by atoms with Crippen molar-refractivity contribution >= 4 is 5.96 Å². The van der Waals surface area contributed by atoms with Gasteiger partial charge < -0.3 is 5.32 Å². The van der Waals surface area contributed by atoms with Crippen LogP contribution in [0.4, 0.5) is 4.39 Å². The van der Waals surface area contributed by atoms with E-state index in [-0.39, 0.29) is 11.9 Å². The highest BCUT2D eigenvalue weighted by molar-refractivity contribution is 5.79. The van der Waals surface area contributed by atoms with E-state index in [0.29, 0.717) is 12.5 Å². The van der Waals surface area contributed by atoms with Crippen LogP contribution < -0.4 is 16.6 Å². The zero-order chi connectivity index (χ0) is 12.7. The molecule has 0 aliphatic heterocycles. The van der Waals surface area contributed by atoms with Crippen molar-refractivity contribution in [3.8, 4) is 0 Å². The first kappa shape index (κ1) is 13.4. The fraction of sp³-hybridized carbons (Fsp3) is 0.417. The fourth-order valence-corrected chi connectivity index (χ4v) is 1.35. The van der Waals surface area contributed by atoms with Crippen LogP contribution in [0.15, 0.2) is 29.3 Å². The van der Waals surface area contributed by atoms with Gasteiger partial charge in [-0.15, -0.1) is 0 Å². The maximum Gasteiger partial charge on any atom is 0.205 e. The van der Waals surface area contributed by atoms with Crippen molar-refractivity contribution in [2.24, 2.45) is 10.8 Å². The van der Waals surface area contributed by atoms with Gasteiger partial charge in [-0.1, -0.05) is 12.1 Å². The molecule has 0 saturated carbocycles. The molecule has 1 rings (SSSR count). The molecule has 17 heavy (non-hydrogen) atoms. The van der Waals surface area contributed by atoms with E-state index in [1.54, 1.807) is 12.1 Å². The molecular formula is C12H19FN4. The van der Waals surface area contributed by atoms with Gasteiger partial charge in [-0.05, 0) is 38.0 Å². The summed E-state index contributed by atoms with van der Waals surface area (Å²) in [6, 6.07) is 6.70. The van der Waals surface area contributed by atoms with E-state index in [1.165, 1.54) is 12.1 Å². The van der Waals surface area contributed by atoms with Gasteiger partial charge in [0.25, 0.3) is 0 Å². The van der Waals surface area contributed by atoms with Crippen molar-refractivity contribution in [2.45, 2.75) is 26.3 Å². The molecule has 0 saturated heterocycles. The van der Waals surface area contributed by atoms with E-state index in [9.17, 15) is 4.39 Å². The topological polar surface area (TPSA) is 62.4 Å². The van der Waals surface area contributed by atoms with E-state index in [0.717, 1.165) is 12.0 Å². The van der Waals surface area contributed by atoms with Gasteiger partial charge in [0.05, 0.1) is 0 Å². The molecule has 0 heterocycles. The second-order valence-corrected chi connectivity index (χ2v) is 4.05. The monoisotopic (exact) mass is 238 g/mol. The molecule has 0 aromatic heterocycles. The van der Waals surface area contributed by atoms with Crippen LogP contribution in [0.25, 0.3) is 0 Å². The van der Waals surface area contributed by atoms with Crippen LogP contribution in [-0.4, -0.2) is 18.5 Å². The summed E-state index contributed by atoms with van der Waals surface area (Å²) in [4.78, 5) is 4.28. The van der Waals surface area contributed by atoms with E-state index in [2.05, 4.69) is 15.7 Å². The number of benzene rings is 1. The van der Waals surface area contributed by atoms with Crippen molar-refractivity contribution in [2.75, 3.05) is 6.54 Å². The van der Waals surface area contributed by atoms with Gasteiger partial charge in [0.1, 0.15) is 5.82 Å². The molecule has 0 radical (unpaired) electrons. The van der Waals surface area contributed by atoms with Gasteiger partial charge in [-0.2, -0.15) is 0 Å². The molecule has 5 heteroatoms. The fourth-order valence-electron chi connectivity index (χ4n) is 1.35. The Kier molecular flexibility index (Phi) is 5.42. The third-order valence-electron chi connectivity index (χ3n) is 2.15. The Balaban J connectivity index is 2.44. The third-order valence-corrected chi connectivity index (χ3v) is 2.15. The number of halogens is 1. The van der Waals surface area contributed by atoms with Crippen LogP contribution in [0.5, 0.6) is 0 Å². The number of hydrogen-bond donors (Lipinski definition) is 3. The molecule has 1 aromatic carbocycles. The lowest BCUT2D eigenvalue weighted by molar-refractivity contribution is 0.627. The highest BCUT2D eigenvalue weighted by atomic mass is 19.1.